The number of carboxylic acids is 5. The summed E-state index contributed by atoms with van der Waals surface area (Å²) >= 11 is 0. The van der Waals surface area contributed by atoms with Gasteiger partial charge < -0.3 is 87.7 Å². The number of ether oxygens (including phenoxy) is 1. The predicted octanol–water partition coefficient (Wildman–Crippen LogP) is -6.15. The molecule has 0 saturated heterocycles. The first-order chi connectivity index (χ1) is 23.3. The maximum Gasteiger partial charge on any atom is 0.377 e. The van der Waals surface area contributed by atoms with Crippen LogP contribution in [0.25, 0.3) is 0 Å². The summed E-state index contributed by atoms with van der Waals surface area (Å²) in [5.74, 6) is -10.7. The number of carbonyl (C=O) groups excluding carboxylic acids is 3. The van der Waals surface area contributed by atoms with E-state index in [2.05, 4.69) is 10.5 Å². The molecule has 0 fully saturated rings. The summed E-state index contributed by atoms with van der Waals surface area (Å²) in [6.45, 7) is -0.403. The standard InChI is InChI=1S/C6H8O6.C5H6O5.C5H12O4.C3H7NO2.C3H4O3.C2H5NO2.CH2O2/c7-1-2(8)5-3(9)4(10)6(11)12-5;6-3(5(9)10)1-2-4(7)8;6-1-5(2-7,3-8)4-9;2*1-2(4)3(5)6;3-1-2(4)5;2-1-3/h2,5,7-10H,1H2;1-2H2,(H,7,8)(H,9,10);6-9H,1-4H2;2H,4H2,1H3,(H,5,6);1H3,(H,5,6);1,3H2,(H,4,5);1H,(H,2,3). The van der Waals surface area contributed by atoms with Crippen LogP contribution in [0.3, 0.4) is 0 Å². The molecule has 3 unspecified atom stereocenters. The summed E-state index contributed by atoms with van der Waals surface area (Å²) in [7, 11) is 0. The summed E-state index contributed by atoms with van der Waals surface area (Å²) < 4.78 is 4.32. The molecule has 298 valence electrons. The first-order valence-electron chi connectivity index (χ1n) is 13.1. The van der Waals surface area contributed by atoms with Gasteiger partial charge in [-0.05, 0) is 6.92 Å². The van der Waals surface area contributed by atoms with Gasteiger partial charge in [0.1, 0.15) is 12.1 Å². The minimum Gasteiger partial charge on any atom is -0.505 e. The summed E-state index contributed by atoms with van der Waals surface area (Å²) in [5, 5.41) is 115. The van der Waals surface area contributed by atoms with E-state index in [0.717, 1.165) is 6.92 Å². The van der Waals surface area contributed by atoms with Gasteiger partial charge in [0.2, 0.25) is 17.3 Å². The highest BCUT2D eigenvalue weighted by Gasteiger charge is 2.38. The van der Waals surface area contributed by atoms with Crippen LogP contribution < -0.4 is 11.5 Å². The lowest BCUT2D eigenvalue weighted by molar-refractivity contribution is -0.150. The first-order valence-corrected chi connectivity index (χ1v) is 13.1. The number of Topliss-reactive ketones (excluding diaryl/α,β-unsaturated/α-hetero) is 2. The molecule has 0 saturated carbocycles. The molecular formula is C25H44N2O24. The third-order valence-electron chi connectivity index (χ3n) is 4.49. The van der Waals surface area contributed by atoms with E-state index in [1.807, 2.05) is 0 Å². The molecule has 3 atom stereocenters. The Bertz CT molecular complexity index is 1090. The van der Waals surface area contributed by atoms with Crippen molar-refractivity contribution in [2.45, 2.75) is 44.9 Å². The van der Waals surface area contributed by atoms with Gasteiger partial charge in [-0.15, -0.1) is 0 Å². The van der Waals surface area contributed by atoms with Gasteiger partial charge in [-0.2, -0.15) is 0 Å². The van der Waals surface area contributed by atoms with E-state index < -0.39 is 128 Å². The van der Waals surface area contributed by atoms with Crippen molar-refractivity contribution in [3.05, 3.63) is 11.5 Å². The lowest BCUT2D eigenvalue weighted by Gasteiger charge is -2.23. The molecule has 1 aliphatic rings. The molecule has 1 rings (SSSR count). The van der Waals surface area contributed by atoms with E-state index in [9.17, 15) is 38.4 Å². The lowest BCUT2D eigenvalue weighted by Crippen LogP contribution is -2.37. The first kappa shape index (κ1) is 57.9. The average molecular weight is 757 g/mol. The number of cyclic esters (lactones) is 1. The quantitative estimate of drug-likeness (QED) is 0.0472. The minimum absolute atomic E-state index is 0.250. The Morgan fingerprint density at radius 3 is 1.29 bits per heavy atom. The van der Waals surface area contributed by atoms with E-state index in [4.69, 9.17) is 82.0 Å². The molecule has 0 radical (unpaired) electrons. The Morgan fingerprint density at radius 2 is 1.16 bits per heavy atom. The highest BCUT2D eigenvalue weighted by atomic mass is 16.6. The van der Waals surface area contributed by atoms with Crippen LogP contribution >= 0.6 is 0 Å². The second-order valence-corrected chi connectivity index (χ2v) is 8.76. The minimum atomic E-state index is -1.58. The Balaban J connectivity index is -0.000000120. The number of aliphatic hydroxyl groups excluding tert-OH is 8. The average Bonchev–Trinajstić information content (AvgIpc) is 3.33. The Hall–Kier alpha value is -5.35. The summed E-state index contributed by atoms with van der Waals surface area (Å²) in [6.07, 6.45) is -3.64. The van der Waals surface area contributed by atoms with E-state index in [1.54, 1.807) is 0 Å². The SMILES string of the molecule is CC(=O)C(=O)O.CC(N)C(=O)O.NCC(=O)O.O=C(O)CCC(=O)C(=O)O.O=C1OC(C(O)CO)C(O)=C1O.O=CO.OCC(CO)(CO)CO. The molecule has 1 aliphatic heterocycles. The number of rotatable bonds is 13. The van der Waals surface area contributed by atoms with Crippen LogP contribution in [0, 0.1) is 5.41 Å². The van der Waals surface area contributed by atoms with Crippen molar-refractivity contribution in [3.63, 3.8) is 0 Å². The molecule has 51 heavy (non-hydrogen) atoms. The molecule has 18 N–H and O–H groups in total. The normalized spacial score (nSPS) is 13.4. The smallest absolute Gasteiger partial charge is 0.377 e. The maximum absolute atomic E-state index is 10.5. The van der Waals surface area contributed by atoms with Gasteiger partial charge in [-0.3, -0.25) is 28.8 Å². The number of hydrogen-bond acceptors (Lipinski definition) is 20. The number of esters is 1. The topological polar surface area (TPSA) is 498 Å². The van der Waals surface area contributed by atoms with Crippen LogP contribution in [0.1, 0.15) is 26.7 Å². The molecule has 0 aromatic rings. The fraction of sp³-hybridized carbons (Fsp3) is 0.560. The van der Waals surface area contributed by atoms with Crippen molar-refractivity contribution in [2.24, 2.45) is 16.9 Å². The summed E-state index contributed by atoms with van der Waals surface area (Å²) in [4.78, 5) is 86.3. The Kier molecular flexibility index (Phi) is 39.2. The second kappa shape index (κ2) is 34.5. The second-order valence-electron chi connectivity index (χ2n) is 8.76. The van der Waals surface area contributed by atoms with Crippen LogP contribution in [-0.2, 0) is 47.9 Å². The number of ketones is 2. The molecule has 0 amide bonds. The molecule has 0 aromatic heterocycles. The zero-order valence-electron chi connectivity index (χ0n) is 27.0. The van der Waals surface area contributed by atoms with Crippen molar-refractivity contribution in [2.75, 3.05) is 39.6 Å². The van der Waals surface area contributed by atoms with Crippen LogP contribution in [0.4, 0.5) is 0 Å². The number of hydrogen-bond donors (Lipinski definition) is 16. The molecule has 0 aromatic carbocycles. The van der Waals surface area contributed by atoms with Gasteiger partial charge in [0.15, 0.2) is 11.9 Å². The van der Waals surface area contributed by atoms with E-state index in [1.165, 1.54) is 6.92 Å². The third-order valence-corrected chi connectivity index (χ3v) is 4.49. The van der Waals surface area contributed by atoms with Gasteiger partial charge in [-0.1, -0.05) is 0 Å². The van der Waals surface area contributed by atoms with Gasteiger partial charge in [0, 0.05) is 13.3 Å². The Morgan fingerprint density at radius 1 is 0.824 bits per heavy atom. The van der Waals surface area contributed by atoms with Crippen molar-refractivity contribution in [3.8, 4) is 0 Å². The molecule has 26 heteroatoms. The van der Waals surface area contributed by atoms with Crippen LogP contribution in [0.2, 0.25) is 0 Å². The molecule has 0 aliphatic carbocycles. The fourth-order valence-corrected chi connectivity index (χ4v) is 1.45. The largest absolute Gasteiger partial charge is 0.505 e. The van der Waals surface area contributed by atoms with Crippen LogP contribution in [0.5, 0.6) is 0 Å². The van der Waals surface area contributed by atoms with E-state index >= 15 is 0 Å². The van der Waals surface area contributed by atoms with Gasteiger partial charge in [0.25, 0.3) is 6.47 Å². The van der Waals surface area contributed by atoms with Gasteiger partial charge in [0.05, 0.1) is 51.4 Å². The predicted molar refractivity (Wildman–Crippen MR) is 161 cm³/mol. The molecular weight excluding hydrogens is 712 g/mol. The zero-order valence-corrected chi connectivity index (χ0v) is 27.0. The van der Waals surface area contributed by atoms with Crippen LogP contribution in [-0.4, -0.2) is 183 Å². The molecule has 1 heterocycles. The third kappa shape index (κ3) is 35.8. The number of nitrogens with two attached hydrogens (primary N) is 2. The Labute approximate surface area is 286 Å². The zero-order chi connectivity index (χ0) is 42.1. The monoisotopic (exact) mass is 756 g/mol. The van der Waals surface area contributed by atoms with Crippen molar-refractivity contribution in [1.29, 1.82) is 0 Å². The maximum atomic E-state index is 10.5. The highest BCUT2D eigenvalue weighted by Crippen LogP contribution is 2.20. The lowest BCUT2D eigenvalue weighted by atomic mass is 9.93. The number of aliphatic hydroxyl groups is 8. The van der Waals surface area contributed by atoms with Gasteiger partial charge in [-0.25, -0.2) is 14.4 Å². The molecule has 0 bridgehead atoms. The van der Waals surface area contributed by atoms with Crippen LogP contribution in [0.15, 0.2) is 11.5 Å². The molecule has 0 spiro atoms. The molecule has 26 nitrogen and oxygen atoms in total. The summed E-state index contributed by atoms with van der Waals surface area (Å²) in [5.41, 5.74) is 8.30. The van der Waals surface area contributed by atoms with Crippen molar-refractivity contribution in [1.82, 2.24) is 0 Å². The van der Waals surface area contributed by atoms with Gasteiger partial charge >= 0.3 is 35.8 Å². The number of aliphatic carboxylic acids is 5. The number of carbonyl (C=O) groups is 9. The van der Waals surface area contributed by atoms with E-state index in [0.29, 0.717) is 0 Å². The van der Waals surface area contributed by atoms with E-state index in [-0.39, 0.29) is 13.0 Å². The highest BCUT2D eigenvalue weighted by molar-refractivity contribution is 6.32. The fourth-order valence-electron chi connectivity index (χ4n) is 1.45. The number of carboxylic acid groups (broad SMARTS) is 6. The summed E-state index contributed by atoms with van der Waals surface area (Å²) in [6, 6.07) is -0.731. The van der Waals surface area contributed by atoms with Crippen molar-refractivity contribution < 1.29 is 119 Å². The van der Waals surface area contributed by atoms with Crippen molar-refractivity contribution >= 4 is 53.9 Å².